The Morgan fingerprint density at radius 1 is 1.20 bits per heavy atom. The van der Waals surface area contributed by atoms with E-state index in [1.54, 1.807) is 4.90 Å². The predicted octanol–water partition coefficient (Wildman–Crippen LogP) is 1.47. The van der Waals surface area contributed by atoms with Gasteiger partial charge in [0.05, 0.1) is 17.6 Å². The molecule has 1 atom stereocenters. The summed E-state index contributed by atoms with van der Waals surface area (Å²) in [5.74, 6) is 0.0229. The number of amides is 2. The van der Waals surface area contributed by atoms with Crippen molar-refractivity contribution in [2.75, 3.05) is 44.2 Å². The van der Waals surface area contributed by atoms with Crippen LogP contribution in [0.3, 0.4) is 0 Å². The summed E-state index contributed by atoms with van der Waals surface area (Å²) in [5.41, 5.74) is 1.74. The first-order chi connectivity index (χ1) is 12.1. The third-order valence-corrected chi connectivity index (χ3v) is 5.11. The van der Waals surface area contributed by atoms with Crippen LogP contribution in [0.2, 0.25) is 0 Å². The summed E-state index contributed by atoms with van der Waals surface area (Å²) < 4.78 is 0. The zero-order chi connectivity index (χ0) is 17.8. The van der Waals surface area contributed by atoms with Crippen LogP contribution >= 0.6 is 0 Å². The Kier molecular flexibility index (Phi) is 5.22. The Morgan fingerprint density at radius 3 is 2.60 bits per heavy atom. The molecule has 0 spiro atoms. The number of rotatable bonds is 3. The molecule has 0 aromatic heterocycles. The maximum absolute atomic E-state index is 12.8. The molecule has 3 rings (SSSR count). The van der Waals surface area contributed by atoms with E-state index in [9.17, 15) is 9.59 Å². The molecule has 0 radical (unpaired) electrons. The number of hydrogen-bond donors (Lipinski definition) is 0. The normalized spacial score (nSPS) is 21.2. The first-order valence-corrected chi connectivity index (χ1v) is 8.94. The molecule has 2 fully saturated rings. The molecule has 2 saturated heterocycles. The van der Waals surface area contributed by atoms with Crippen molar-refractivity contribution in [1.82, 2.24) is 9.80 Å². The van der Waals surface area contributed by atoms with Crippen LogP contribution in [0.15, 0.2) is 24.3 Å². The SMILES string of the molecule is CCN1CC(C(=O)N2CCCN(c3ccc(C#N)cc3)CC2)CC1=O. The van der Waals surface area contributed by atoms with Crippen LogP contribution in [0, 0.1) is 17.2 Å². The van der Waals surface area contributed by atoms with Crippen molar-refractivity contribution in [2.24, 2.45) is 5.92 Å². The van der Waals surface area contributed by atoms with Gasteiger partial charge in [0.2, 0.25) is 11.8 Å². The lowest BCUT2D eigenvalue weighted by molar-refractivity contribution is -0.135. The highest BCUT2D eigenvalue weighted by Crippen LogP contribution is 2.22. The molecule has 0 saturated carbocycles. The lowest BCUT2D eigenvalue weighted by atomic mass is 10.1. The largest absolute Gasteiger partial charge is 0.370 e. The monoisotopic (exact) mass is 340 g/mol. The quantitative estimate of drug-likeness (QED) is 0.835. The van der Waals surface area contributed by atoms with Gasteiger partial charge in [0, 0.05) is 51.4 Å². The summed E-state index contributed by atoms with van der Waals surface area (Å²) in [6.45, 7) is 6.26. The maximum Gasteiger partial charge on any atom is 0.228 e. The van der Waals surface area contributed by atoms with Crippen molar-refractivity contribution < 1.29 is 9.59 Å². The van der Waals surface area contributed by atoms with Crippen molar-refractivity contribution in [3.05, 3.63) is 29.8 Å². The Labute approximate surface area is 148 Å². The van der Waals surface area contributed by atoms with E-state index in [0.29, 0.717) is 31.6 Å². The van der Waals surface area contributed by atoms with Gasteiger partial charge in [0.15, 0.2) is 0 Å². The Hall–Kier alpha value is -2.55. The van der Waals surface area contributed by atoms with E-state index >= 15 is 0 Å². The number of anilines is 1. The van der Waals surface area contributed by atoms with Gasteiger partial charge in [0.1, 0.15) is 0 Å². The average molecular weight is 340 g/mol. The van der Waals surface area contributed by atoms with Crippen LogP contribution in [0.5, 0.6) is 0 Å². The summed E-state index contributed by atoms with van der Waals surface area (Å²) in [5, 5.41) is 8.90. The molecule has 0 aliphatic carbocycles. The fourth-order valence-electron chi connectivity index (χ4n) is 3.64. The molecule has 6 heteroatoms. The molecule has 2 amide bonds. The first-order valence-electron chi connectivity index (χ1n) is 8.94. The van der Waals surface area contributed by atoms with Crippen molar-refractivity contribution in [3.8, 4) is 6.07 Å². The molecule has 0 N–H and O–H groups in total. The van der Waals surface area contributed by atoms with Gasteiger partial charge in [-0.1, -0.05) is 0 Å². The number of nitrogens with zero attached hydrogens (tertiary/aromatic N) is 4. The maximum atomic E-state index is 12.8. The van der Waals surface area contributed by atoms with E-state index in [0.717, 1.165) is 31.7 Å². The van der Waals surface area contributed by atoms with Gasteiger partial charge in [-0.15, -0.1) is 0 Å². The standard InChI is InChI=1S/C19H24N4O2/c1-2-21-14-16(12-18(21)24)19(25)23-9-3-8-22(10-11-23)17-6-4-15(13-20)5-7-17/h4-7,16H,2-3,8-12,14H2,1H3. The lowest BCUT2D eigenvalue weighted by Gasteiger charge is -2.25. The minimum absolute atomic E-state index is 0.0925. The number of hydrogen-bond acceptors (Lipinski definition) is 4. The van der Waals surface area contributed by atoms with Gasteiger partial charge in [-0.25, -0.2) is 0 Å². The van der Waals surface area contributed by atoms with Crippen LogP contribution in [-0.2, 0) is 9.59 Å². The number of carbonyl (C=O) groups excluding carboxylic acids is 2. The van der Waals surface area contributed by atoms with Crippen LogP contribution in [0.1, 0.15) is 25.3 Å². The van der Waals surface area contributed by atoms with E-state index in [1.165, 1.54) is 0 Å². The highest BCUT2D eigenvalue weighted by Gasteiger charge is 2.36. The van der Waals surface area contributed by atoms with E-state index in [4.69, 9.17) is 5.26 Å². The minimum Gasteiger partial charge on any atom is -0.370 e. The van der Waals surface area contributed by atoms with Gasteiger partial charge in [-0.3, -0.25) is 9.59 Å². The summed E-state index contributed by atoms with van der Waals surface area (Å²) in [6, 6.07) is 9.71. The third kappa shape index (κ3) is 3.76. The summed E-state index contributed by atoms with van der Waals surface area (Å²) in [4.78, 5) is 30.6. The summed E-state index contributed by atoms with van der Waals surface area (Å²) in [6.07, 6.45) is 1.26. The lowest BCUT2D eigenvalue weighted by Crippen LogP contribution is -2.40. The Bertz CT molecular complexity index is 680. The predicted molar refractivity (Wildman–Crippen MR) is 94.9 cm³/mol. The molecule has 1 aromatic rings. The van der Waals surface area contributed by atoms with E-state index in [2.05, 4.69) is 11.0 Å². The van der Waals surface area contributed by atoms with Gasteiger partial charge >= 0.3 is 0 Å². The van der Waals surface area contributed by atoms with Gasteiger partial charge in [-0.05, 0) is 37.6 Å². The molecule has 1 aromatic carbocycles. The minimum atomic E-state index is -0.186. The average Bonchev–Trinajstić information content (AvgIpc) is 2.86. The Morgan fingerprint density at radius 2 is 1.96 bits per heavy atom. The van der Waals surface area contributed by atoms with Crippen molar-refractivity contribution in [2.45, 2.75) is 19.8 Å². The van der Waals surface area contributed by atoms with Crippen LogP contribution in [-0.4, -0.2) is 60.9 Å². The number of likely N-dealkylation sites (tertiary alicyclic amines) is 1. The second kappa shape index (κ2) is 7.56. The molecule has 132 valence electrons. The molecule has 0 bridgehead atoms. The van der Waals surface area contributed by atoms with Crippen LogP contribution in [0.4, 0.5) is 5.69 Å². The van der Waals surface area contributed by atoms with E-state index in [-0.39, 0.29) is 17.7 Å². The van der Waals surface area contributed by atoms with E-state index in [1.807, 2.05) is 36.1 Å². The highest BCUT2D eigenvalue weighted by molar-refractivity contribution is 5.89. The third-order valence-electron chi connectivity index (χ3n) is 5.11. The van der Waals surface area contributed by atoms with Crippen LogP contribution < -0.4 is 4.90 Å². The number of benzene rings is 1. The van der Waals surface area contributed by atoms with Crippen molar-refractivity contribution in [3.63, 3.8) is 0 Å². The molecule has 2 heterocycles. The molecular weight excluding hydrogens is 316 g/mol. The molecule has 6 nitrogen and oxygen atoms in total. The summed E-state index contributed by atoms with van der Waals surface area (Å²) >= 11 is 0. The zero-order valence-corrected chi connectivity index (χ0v) is 14.6. The second-order valence-corrected chi connectivity index (χ2v) is 6.66. The van der Waals surface area contributed by atoms with Gasteiger partial charge in [-0.2, -0.15) is 5.26 Å². The fourth-order valence-corrected chi connectivity index (χ4v) is 3.64. The first kappa shape index (κ1) is 17.3. The fraction of sp³-hybridized carbons (Fsp3) is 0.526. The molecule has 1 unspecified atom stereocenters. The topological polar surface area (TPSA) is 67.7 Å². The number of carbonyl (C=O) groups is 2. The van der Waals surface area contributed by atoms with Crippen molar-refractivity contribution in [1.29, 1.82) is 5.26 Å². The second-order valence-electron chi connectivity index (χ2n) is 6.66. The zero-order valence-electron chi connectivity index (χ0n) is 14.6. The van der Waals surface area contributed by atoms with Gasteiger partial charge in [0.25, 0.3) is 0 Å². The summed E-state index contributed by atoms with van der Waals surface area (Å²) in [7, 11) is 0. The Balaban J connectivity index is 1.60. The molecule has 2 aliphatic heterocycles. The van der Waals surface area contributed by atoms with Gasteiger partial charge < -0.3 is 14.7 Å². The van der Waals surface area contributed by atoms with E-state index < -0.39 is 0 Å². The van der Waals surface area contributed by atoms with Crippen molar-refractivity contribution >= 4 is 17.5 Å². The molecule has 2 aliphatic rings. The smallest absolute Gasteiger partial charge is 0.228 e. The number of nitriles is 1. The van der Waals surface area contributed by atoms with Crippen LogP contribution in [0.25, 0.3) is 0 Å². The molecule has 25 heavy (non-hydrogen) atoms. The highest BCUT2D eigenvalue weighted by atomic mass is 16.2. The molecular formula is C19H24N4O2.